The molecule has 0 aliphatic carbocycles. The Morgan fingerprint density at radius 2 is 1.87 bits per heavy atom. The molecule has 0 aliphatic rings. The maximum absolute atomic E-state index is 13.2. The predicted octanol–water partition coefficient (Wildman–Crippen LogP) is 2.79. The van der Waals surface area contributed by atoms with Gasteiger partial charge in [-0.15, -0.1) is 0 Å². The Labute approximate surface area is 175 Å². The van der Waals surface area contributed by atoms with Crippen molar-refractivity contribution in [1.82, 2.24) is 14.9 Å². The van der Waals surface area contributed by atoms with E-state index < -0.39 is 27.8 Å². The van der Waals surface area contributed by atoms with E-state index in [1.165, 1.54) is 19.1 Å². The molecule has 0 fully saturated rings. The number of hydrogen-bond donors (Lipinski definition) is 1. The number of aryl methyl sites for hydroxylation is 1. The molecule has 9 heteroatoms. The Balaban J connectivity index is 1.80. The minimum atomic E-state index is -3.77. The van der Waals surface area contributed by atoms with Gasteiger partial charge in [0.05, 0.1) is 17.6 Å². The fourth-order valence-corrected chi connectivity index (χ4v) is 4.43. The molecule has 1 heterocycles. The normalized spacial score (nSPS) is 12.4. The number of nitrogens with one attached hydrogen (secondary N) is 1. The van der Waals surface area contributed by atoms with Gasteiger partial charge in [0, 0.05) is 18.9 Å². The molecule has 1 atom stereocenters. The highest BCUT2D eigenvalue weighted by atomic mass is 32.2. The van der Waals surface area contributed by atoms with Crippen molar-refractivity contribution in [3.8, 4) is 5.69 Å². The molecule has 3 aromatic rings. The summed E-state index contributed by atoms with van der Waals surface area (Å²) in [5.41, 5.74) is 1.95. The first-order chi connectivity index (χ1) is 14.2. The zero-order valence-electron chi connectivity index (χ0n) is 16.9. The summed E-state index contributed by atoms with van der Waals surface area (Å²) in [7, 11) is -3.77. The van der Waals surface area contributed by atoms with Crippen molar-refractivity contribution < 1.29 is 17.6 Å². The van der Waals surface area contributed by atoms with Crippen LogP contribution in [0.2, 0.25) is 0 Å². The molecule has 0 radical (unpaired) electrons. The largest absolute Gasteiger partial charge is 0.350 e. The number of halogens is 1. The lowest BCUT2D eigenvalue weighted by Gasteiger charge is -2.28. The highest BCUT2D eigenvalue weighted by molar-refractivity contribution is 7.92. The van der Waals surface area contributed by atoms with Gasteiger partial charge in [-0.2, -0.15) is 0 Å². The van der Waals surface area contributed by atoms with E-state index in [1.807, 2.05) is 42.0 Å². The van der Waals surface area contributed by atoms with Crippen LogP contribution in [0.15, 0.2) is 60.9 Å². The summed E-state index contributed by atoms with van der Waals surface area (Å²) < 4.78 is 40.8. The Morgan fingerprint density at radius 3 is 2.47 bits per heavy atom. The minimum absolute atomic E-state index is 0.206. The standard InChI is InChI=1S/C21H23FN4O3S/c1-15(26(30(3,28)29)19-10-8-18(22)9-11-19)21(27)24-14-17-6-4-5-7-20(17)25-13-12-23-16(25)2/h4-13,15H,14H2,1-3H3,(H,24,27). The van der Waals surface area contributed by atoms with Crippen LogP contribution in [-0.4, -0.2) is 36.2 Å². The molecule has 0 saturated carbocycles. The number of anilines is 1. The van der Waals surface area contributed by atoms with E-state index in [-0.39, 0.29) is 12.2 Å². The number of rotatable bonds is 7. The summed E-state index contributed by atoms with van der Waals surface area (Å²) >= 11 is 0. The number of amides is 1. The second-order valence-corrected chi connectivity index (χ2v) is 8.76. The van der Waals surface area contributed by atoms with Crippen LogP contribution in [0.3, 0.4) is 0 Å². The SMILES string of the molecule is Cc1nccn1-c1ccccc1CNC(=O)C(C)N(c1ccc(F)cc1)S(C)(=O)=O. The summed E-state index contributed by atoms with van der Waals surface area (Å²) in [6, 6.07) is 11.5. The van der Waals surface area contributed by atoms with Gasteiger partial charge in [-0.05, 0) is 49.7 Å². The van der Waals surface area contributed by atoms with Crippen molar-refractivity contribution in [3.63, 3.8) is 0 Å². The molecule has 7 nitrogen and oxygen atoms in total. The molecule has 158 valence electrons. The number of sulfonamides is 1. The molecule has 2 aromatic carbocycles. The molecule has 0 bridgehead atoms. The number of nitrogens with zero attached hydrogens (tertiary/aromatic N) is 3. The van der Waals surface area contributed by atoms with Crippen LogP contribution in [0.1, 0.15) is 18.3 Å². The zero-order valence-corrected chi connectivity index (χ0v) is 17.7. The first kappa shape index (κ1) is 21.5. The van der Waals surface area contributed by atoms with Crippen LogP contribution in [0.5, 0.6) is 0 Å². The van der Waals surface area contributed by atoms with Gasteiger partial charge in [0.2, 0.25) is 15.9 Å². The third kappa shape index (κ3) is 4.68. The molecule has 0 aliphatic heterocycles. The average Bonchev–Trinajstić information content (AvgIpc) is 3.12. The molecular weight excluding hydrogens is 407 g/mol. The number of imidazole rings is 1. The van der Waals surface area contributed by atoms with Crippen LogP contribution >= 0.6 is 0 Å². The number of hydrogen-bond acceptors (Lipinski definition) is 4. The first-order valence-electron chi connectivity index (χ1n) is 9.29. The van der Waals surface area contributed by atoms with E-state index in [1.54, 1.807) is 6.20 Å². The maximum Gasteiger partial charge on any atom is 0.243 e. The maximum atomic E-state index is 13.2. The third-order valence-electron chi connectivity index (χ3n) is 4.70. The summed E-state index contributed by atoms with van der Waals surface area (Å²) in [6.07, 6.45) is 4.54. The first-order valence-corrected chi connectivity index (χ1v) is 11.1. The van der Waals surface area contributed by atoms with E-state index in [2.05, 4.69) is 10.3 Å². The van der Waals surface area contributed by atoms with Crippen LogP contribution in [0.4, 0.5) is 10.1 Å². The van der Waals surface area contributed by atoms with E-state index in [0.29, 0.717) is 0 Å². The smallest absolute Gasteiger partial charge is 0.243 e. The van der Waals surface area contributed by atoms with Crippen molar-refractivity contribution >= 4 is 21.6 Å². The number of aromatic nitrogens is 2. The van der Waals surface area contributed by atoms with E-state index >= 15 is 0 Å². The van der Waals surface area contributed by atoms with Gasteiger partial charge in [0.15, 0.2) is 0 Å². The van der Waals surface area contributed by atoms with Gasteiger partial charge in [-0.1, -0.05) is 18.2 Å². The van der Waals surface area contributed by atoms with Gasteiger partial charge in [-0.3, -0.25) is 9.10 Å². The predicted molar refractivity (Wildman–Crippen MR) is 113 cm³/mol. The van der Waals surface area contributed by atoms with Gasteiger partial charge in [-0.25, -0.2) is 17.8 Å². The molecule has 1 N–H and O–H groups in total. The van der Waals surface area contributed by atoms with Crippen LogP contribution in [0, 0.1) is 12.7 Å². The summed E-state index contributed by atoms with van der Waals surface area (Å²) in [4.78, 5) is 17.0. The van der Waals surface area contributed by atoms with Gasteiger partial charge >= 0.3 is 0 Å². The number of carbonyl (C=O) groups excluding carboxylic acids is 1. The van der Waals surface area contributed by atoms with Crippen molar-refractivity contribution in [3.05, 3.63) is 78.1 Å². The van der Waals surface area contributed by atoms with Crippen LogP contribution in [0.25, 0.3) is 5.69 Å². The number of benzene rings is 2. The lowest BCUT2D eigenvalue weighted by atomic mass is 10.1. The van der Waals surface area contributed by atoms with E-state index in [4.69, 9.17) is 0 Å². The van der Waals surface area contributed by atoms with E-state index in [9.17, 15) is 17.6 Å². The van der Waals surface area contributed by atoms with Crippen molar-refractivity contribution in [2.45, 2.75) is 26.4 Å². The topological polar surface area (TPSA) is 84.3 Å². The monoisotopic (exact) mass is 430 g/mol. The van der Waals surface area contributed by atoms with Gasteiger partial charge in [0.25, 0.3) is 0 Å². The molecule has 0 spiro atoms. The summed E-state index contributed by atoms with van der Waals surface area (Å²) in [5.74, 6) is -0.153. The molecular formula is C21H23FN4O3S. The Kier molecular flexibility index (Phi) is 6.21. The van der Waals surface area contributed by atoms with Crippen molar-refractivity contribution in [2.75, 3.05) is 10.6 Å². The van der Waals surface area contributed by atoms with Crippen LogP contribution in [-0.2, 0) is 21.4 Å². The fourth-order valence-electron chi connectivity index (χ4n) is 3.25. The van der Waals surface area contributed by atoms with Gasteiger partial charge in [0.1, 0.15) is 17.7 Å². The Morgan fingerprint density at radius 1 is 1.20 bits per heavy atom. The Bertz CT molecular complexity index is 1140. The minimum Gasteiger partial charge on any atom is -0.350 e. The highest BCUT2D eigenvalue weighted by Gasteiger charge is 2.29. The molecule has 1 amide bonds. The molecule has 30 heavy (non-hydrogen) atoms. The second-order valence-electron chi connectivity index (χ2n) is 6.90. The lowest BCUT2D eigenvalue weighted by molar-refractivity contribution is -0.122. The second kappa shape index (κ2) is 8.66. The molecule has 1 unspecified atom stereocenters. The zero-order chi connectivity index (χ0) is 21.9. The highest BCUT2D eigenvalue weighted by Crippen LogP contribution is 2.21. The van der Waals surface area contributed by atoms with Crippen LogP contribution < -0.4 is 9.62 Å². The number of carbonyl (C=O) groups is 1. The average molecular weight is 431 g/mol. The summed E-state index contributed by atoms with van der Waals surface area (Å²) in [5, 5.41) is 2.80. The van der Waals surface area contributed by atoms with Gasteiger partial charge < -0.3 is 9.88 Å². The molecule has 3 rings (SSSR count). The van der Waals surface area contributed by atoms with E-state index in [0.717, 1.165) is 39.8 Å². The molecule has 1 aromatic heterocycles. The van der Waals surface area contributed by atoms with Crippen molar-refractivity contribution in [2.24, 2.45) is 0 Å². The number of para-hydroxylation sites is 1. The molecule has 0 saturated heterocycles. The summed E-state index contributed by atoms with van der Waals surface area (Å²) in [6.45, 7) is 3.58. The lowest BCUT2D eigenvalue weighted by Crippen LogP contribution is -2.47. The Hall–Kier alpha value is -3.20. The third-order valence-corrected chi connectivity index (χ3v) is 5.94. The van der Waals surface area contributed by atoms with Crippen molar-refractivity contribution in [1.29, 1.82) is 0 Å². The fraction of sp³-hybridized carbons (Fsp3) is 0.238. The quantitative estimate of drug-likeness (QED) is 0.625.